The van der Waals surface area contributed by atoms with Crippen molar-refractivity contribution in [2.24, 2.45) is 11.8 Å². The first-order chi connectivity index (χ1) is 15.6. The highest BCUT2D eigenvalue weighted by Gasteiger charge is 2.44. The fraction of sp³-hybridized carbons (Fsp3) is 0.619. The number of thiazole rings is 1. The first-order valence-corrected chi connectivity index (χ1v) is 12.9. The fourth-order valence-electron chi connectivity index (χ4n) is 5.39. The maximum Gasteiger partial charge on any atom is 0.167 e. The Balaban J connectivity index is 1.20. The van der Waals surface area contributed by atoms with E-state index in [1.165, 1.54) is 43.8 Å². The van der Waals surface area contributed by atoms with Gasteiger partial charge in [0.05, 0.1) is 12.4 Å². The Morgan fingerprint density at radius 1 is 1.22 bits per heavy atom. The predicted molar refractivity (Wildman–Crippen MR) is 122 cm³/mol. The number of ether oxygens (including phenoxy) is 1. The smallest absolute Gasteiger partial charge is 0.167 e. The topological polar surface area (TPSA) is 118 Å². The predicted octanol–water partition coefficient (Wildman–Crippen LogP) is 2.60. The number of aryl methyl sites for hydroxylation is 1. The van der Waals surface area contributed by atoms with Crippen LogP contribution in [0.1, 0.15) is 37.6 Å². The van der Waals surface area contributed by atoms with Crippen molar-refractivity contribution in [2.45, 2.75) is 67.5 Å². The molecule has 0 aromatic carbocycles. The molecule has 1 saturated heterocycles. The van der Waals surface area contributed by atoms with Gasteiger partial charge in [0, 0.05) is 22.9 Å². The monoisotopic (exact) mass is 474 g/mol. The zero-order valence-electron chi connectivity index (χ0n) is 17.7. The molecule has 170 valence electrons. The number of nitrogens with zero attached hydrogens (tertiary/aromatic N) is 5. The summed E-state index contributed by atoms with van der Waals surface area (Å²) in [4.78, 5) is 17.8. The molecule has 2 saturated carbocycles. The van der Waals surface area contributed by atoms with Gasteiger partial charge in [0.25, 0.3) is 0 Å². The van der Waals surface area contributed by atoms with Crippen LogP contribution in [0.2, 0.25) is 0 Å². The minimum atomic E-state index is -1.08. The van der Waals surface area contributed by atoms with Gasteiger partial charge < -0.3 is 20.3 Å². The molecule has 7 atom stereocenters. The van der Waals surface area contributed by atoms with E-state index in [0.29, 0.717) is 28.9 Å². The third-order valence-electron chi connectivity index (χ3n) is 7.00. The second-order valence-corrected chi connectivity index (χ2v) is 11.2. The summed E-state index contributed by atoms with van der Waals surface area (Å²) in [6.07, 6.45) is 4.90. The van der Waals surface area contributed by atoms with Crippen LogP contribution in [-0.2, 0) is 4.74 Å². The Morgan fingerprint density at radius 3 is 2.88 bits per heavy atom. The molecule has 3 fully saturated rings. The van der Waals surface area contributed by atoms with E-state index in [2.05, 4.69) is 25.3 Å². The number of imidazole rings is 1. The molecule has 3 aromatic rings. The molecule has 0 amide bonds. The normalized spacial score (nSPS) is 34.0. The molecule has 4 heterocycles. The number of nitrogens with one attached hydrogen (secondary N) is 1. The van der Waals surface area contributed by atoms with E-state index >= 15 is 0 Å². The Morgan fingerprint density at radius 2 is 2.12 bits per heavy atom. The average Bonchev–Trinajstić information content (AvgIpc) is 3.60. The van der Waals surface area contributed by atoms with Crippen molar-refractivity contribution in [1.82, 2.24) is 24.5 Å². The van der Waals surface area contributed by atoms with Crippen LogP contribution >= 0.6 is 23.1 Å². The summed E-state index contributed by atoms with van der Waals surface area (Å²) in [5.41, 5.74) is 2.23. The van der Waals surface area contributed by atoms with E-state index < -0.39 is 24.5 Å². The molecule has 11 heteroatoms. The second kappa shape index (κ2) is 8.21. The van der Waals surface area contributed by atoms with Crippen LogP contribution < -0.4 is 5.32 Å². The van der Waals surface area contributed by atoms with Crippen LogP contribution in [0.15, 0.2) is 22.4 Å². The molecule has 3 N–H and O–H groups in total. The zero-order valence-corrected chi connectivity index (χ0v) is 19.3. The number of rotatable bonds is 6. The molecule has 32 heavy (non-hydrogen) atoms. The number of fused-ring (bicyclic) bond motifs is 3. The van der Waals surface area contributed by atoms with Crippen molar-refractivity contribution in [2.75, 3.05) is 11.1 Å². The van der Waals surface area contributed by atoms with E-state index in [0.717, 1.165) is 21.8 Å². The minimum absolute atomic E-state index is 0.433. The minimum Gasteiger partial charge on any atom is -0.387 e. The highest BCUT2D eigenvalue weighted by Crippen LogP contribution is 2.45. The van der Waals surface area contributed by atoms with Gasteiger partial charge in [-0.15, -0.1) is 11.3 Å². The lowest BCUT2D eigenvalue weighted by molar-refractivity contribution is -0.0289. The first kappa shape index (κ1) is 20.8. The summed E-state index contributed by atoms with van der Waals surface area (Å²) in [6.45, 7) is 1.95. The van der Waals surface area contributed by atoms with Gasteiger partial charge in [-0.05, 0) is 38.0 Å². The van der Waals surface area contributed by atoms with Gasteiger partial charge >= 0.3 is 0 Å². The van der Waals surface area contributed by atoms with Gasteiger partial charge in [-0.3, -0.25) is 4.57 Å². The molecule has 3 unspecified atom stereocenters. The highest BCUT2D eigenvalue weighted by atomic mass is 32.2. The van der Waals surface area contributed by atoms with E-state index in [-0.39, 0.29) is 0 Å². The molecule has 0 spiro atoms. The van der Waals surface area contributed by atoms with Gasteiger partial charge in [-0.1, -0.05) is 18.2 Å². The summed E-state index contributed by atoms with van der Waals surface area (Å²) in [5.74, 6) is 2.77. The molecule has 1 aliphatic heterocycles. The zero-order chi connectivity index (χ0) is 21.8. The number of hydrogen-bond donors (Lipinski definition) is 3. The standard InChI is InChI=1S/C21H26N6O3S2/c1-10-6-31-21(25-10)32-7-14-16(28)17(29)20(30-14)27-9-24-15-18(22-8-23-19(15)27)26-13-5-11-2-3-12(13)4-11/h6,8-9,11-14,16-17,20,28-29H,2-5,7H2,1H3,(H,22,23,26)/t11?,12?,13?,14-,16-,17-,20-/m1/s1. The van der Waals surface area contributed by atoms with Gasteiger partial charge in [0.15, 0.2) is 23.2 Å². The van der Waals surface area contributed by atoms with E-state index in [4.69, 9.17) is 4.74 Å². The molecule has 2 aliphatic carbocycles. The Labute approximate surface area is 193 Å². The maximum atomic E-state index is 10.7. The number of aromatic nitrogens is 5. The molecule has 3 aliphatic rings. The van der Waals surface area contributed by atoms with E-state index in [1.54, 1.807) is 22.2 Å². The number of aliphatic hydroxyl groups excluding tert-OH is 2. The third-order valence-corrected chi connectivity index (χ3v) is 9.23. The van der Waals surface area contributed by atoms with Crippen molar-refractivity contribution in [3.8, 4) is 0 Å². The largest absolute Gasteiger partial charge is 0.387 e. The Hall–Kier alpha value is -1.79. The summed E-state index contributed by atoms with van der Waals surface area (Å²) < 4.78 is 8.71. The van der Waals surface area contributed by atoms with Crippen LogP contribution in [0.4, 0.5) is 5.82 Å². The van der Waals surface area contributed by atoms with Gasteiger partial charge in [0.1, 0.15) is 22.9 Å². The molecule has 0 radical (unpaired) electrons. The maximum absolute atomic E-state index is 10.7. The lowest BCUT2D eigenvalue weighted by Crippen LogP contribution is -2.32. The second-order valence-electron chi connectivity index (χ2n) is 9.08. The molecule has 2 bridgehead atoms. The first-order valence-electron chi connectivity index (χ1n) is 11.1. The van der Waals surface area contributed by atoms with Crippen molar-refractivity contribution in [3.63, 3.8) is 0 Å². The fourth-order valence-corrected chi connectivity index (χ4v) is 7.32. The number of thioether (sulfide) groups is 1. The summed E-state index contributed by atoms with van der Waals surface area (Å²) in [5, 5.41) is 26.9. The van der Waals surface area contributed by atoms with Crippen molar-refractivity contribution >= 4 is 40.1 Å². The number of anilines is 1. The van der Waals surface area contributed by atoms with Gasteiger partial charge in [0.2, 0.25) is 0 Å². The number of hydrogen-bond acceptors (Lipinski definition) is 10. The van der Waals surface area contributed by atoms with Crippen molar-refractivity contribution in [3.05, 3.63) is 23.7 Å². The number of aliphatic hydroxyl groups is 2. The SMILES string of the molecule is Cc1csc(SC[C@H]2O[C@@H](n3cnc4c(NC5CC6CCC5C6)ncnc43)[C@H](O)[C@@H]2O)n1. The summed E-state index contributed by atoms with van der Waals surface area (Å²) in [6, 6.07) is 0.433. The lowest BCUT2D eigenvalue weighted by Gasteiger charge is -2.23. The van der Waals surface area contributed by atoms with Crippen LogP contribution in [0, 0.1) is 18.8 Å². The molecule has 6 rings (SSSR count). The van der Waals surface area contributed by atoms with Gasteiger partial charge in [-0.25, -0.2) is 19.9 Å². The summed E-state index contributed by atoms with van der Waals surface area (Å²) in [7, 11) is 0. The molecular formula is C21H26N6O3S2. The van der Waals surface area contributed by atoms with Crippen LogP contribution in [0.25, 0.3) is 11.2 Å². The highest BCUT2D eigenvalue weighted by molar-refractivity contribution is 8.01. The quantitative estimate of drug-likeness (QED) is 0.463. The summed E-state index contributed by atoms with van der Waals surface area (Å²) >= 11 is 3.09. The van der Waals surface area contributed by atoms with Crippen molar-refractivity contribution in [1.29, 1.82) is 0 Å². The average molecular weight is 475 g/mol. The van der Waals surface area contributed by atoms with E-state index in [9.17, 15) is 10.2 Å². The molecule has 9 nitrogen and oxygen atoms in total. The Bertz CT molecular complexity index is 1120. The van der Waals surface area contributed by atoms with Gasteiger partial charge in [-0.2, -0.15) is 0 Å². The van der Waals surface area contributed by atoms with Crippen molar-refractivity contribution < 1.29 is 14.9 Å². The lowest BCUT2D eigenvalue weighted by atomic mass is 9.95. The van der Waals surface area contributed by atoms with Crippen LogP contribution in [0.5, 0.6) is 0 Å². The molecule has 3 aromatic heterocycles. The molecular weight excluding hydrogens is 448 g/mol. The van der Waals surface area contributed by atoms with Crippen LogP contribution in [0.3, 0.4) is 0 Å². The third kappa shape index (κ3) is 3.60. The van der Waals surface area contributed by atoms with E-state index in [1.807, 2.05) is 12.3 Å². The van der Waals surface area contributed by atoms with Crippen LogP contribution in [-0.4, -0.2) is 64.8 Å². The Kier molecular flexibility index (Phi) is 5.33.